The van der Waals surface area contributed by atoms with Gasteiger partial charge in [-0.2, -0.15) is 0 Å². The summed E-state index contributed by atoms with van der Waals surface area (Å²) in [6.07, 6.45) is 2.23. The van der Waals surface area contributed by atoms with Gasteiger partial charge in [0, 0.05) is 33.6 Å². The van der Waals surface area contributed by atoms with E-state index in [-0.39, 0.29) is 5.78 Å². The maximum Gasteiger partial charge on any atom is 0.169 e. The Bertz CT molecular complexity index is 789. The van der Waals surface area contributed by atoms with E-state index >= 15 is 0 Å². The van der Waals surface area contributed by atoms with Crippen LogP contribution in [0.2, 0.25) is 0 Å². The molecule has 3 aromatic rings. The maximum absolute atomic E-state index is 12.5. The van der Waals surface area contributed by atoms with Crippen LogP contribution in [0.1, 0.15) is 21.5 Å². The first-order valence-electron chi connectivity index (χ1n) is 6.49. The van der Waals surface area contributed by atoms with Crippen LogP contribution in [0.25, 0.3) is 10.9 Å². The molecule has 0 aliphatic carbocycles. The number of hydrogen-bond donors (Lipinski definition) is 1. The molecule has 1 heterocycles. The van der Waals surface area contributed by atoms with Crippen LogP contribution in [0.4, 0.5) is 0 Å². The van der Waals surface area contributed by atoms with E-state index in [1.165, 1.54) is 5.56 Å². The fraction of sp³-hybridized carbons (Fsp3) is 0.118. The number of nitrogens with one attached hydrogen (secondary N) is 1. The van der Waals surface area contributed by atoms with E-state index in [0.717, 1.165) is 26.5 Å². The Kier molecular flexibility index (Phi) is 3.45. The van der Waals surface area contributed by atoms with Crippen LogP contribution in [-0.4, -0.2) is 10.8 Å². The van der Waals surface area contributed by atoms with Crippen LogP contribution in [0.3, 0.4) is 0 Å². The van der Waals surface area contributed by atoms with E-state index in [1.54, 1.807) is 6.20 Å². The monoisotopic (exact) mass is 327 g/mol. The summed E-state index contributed by atoms with van der Waals surface area (Å²) >= 11 is 3.52. The number of fused-ring (bicyclic) bond motifs is 1. The minimum absolute atomic E-state index is 0.133. The van der Waals surface area contributed by atoms with Crippen molar-refractivity contribution in [3.05, 3.63) is 69.8 Å². The molecule has 2 nitrogen and oxygen atoms in total. The second-order valence-corrected chi connectivity index (χ2v) is 5.81. The normalized spacial score (nSPS) is 10.9. The van der Waals surface area contributed by atoms with Crippen molar-refractivity contribution in [2.45, 2.75) is 13.3 Å². The van der Waals surface area contributed by atoms with Gasteiger partial charge in [0.2, 0.25) is 0 Å². The third kappa shape index (κ3) is 2.41. The van der Waals surface area contributed by atoms with Crippen molar-refractivity contribution in [1.82, 2.24) is 4.98 Å². The van der Waals surface area contributed by atoms with Crippen molar-refractivity contribution in [3.8, 4) is 0 Å². The van der Waals surface area contributed by atoms with Crippen LogP contribution in [-0.2, 0) is 6.42 Å². The Labute approximate surface area is 126 Å². The number of aromatic nitrogens is 1. The van der Waals surface area contributed by atoms with Crippen LogP contribution in [0, 0.1) is 6.92 Å². The quantitative estimate of drug-likeness (QED) is 0.697. The Hall–Kier alpha value is -1.87. The number of H-pyrrole nitrogens is 1. The zero-order chi connectivity index (χ0) is 14.1. The first-order chi connectivity index (χ1) is 9.65. The molecule has 0 unspecified atom stereocenters. The molecule has 0 aliphatic rings. The Morgan fingerprint density at radius 2 is 2.00 bits per heavy atom. The Morgan fingerprint density at radius 3 is 2.80 bits per heavy atom. The highest BCUT2D eigenvalue weighted by Gasteiger charge is 2.14. The number of carbonyl (C=O) groups excluding carboxylic acids is 1. The van der Waals surface area contributed by atoms with Crippen LogP contribution >= 0.6 is 15.9 Å². The van der Waals surface area contributed by atoms with Crippen LogP contribution in [0.15, 0.2) is 53.1 Å². The Balaban J connectivity index is 1.97. The lowest BCUT2D eigenvalue weighted by Crippen LogP contribution is -2.03. The molecule has 0 aliphatic heterocycles. The molecule has 0 fully saturated rings. The highest BCUT2D eigenvalue weighted by Crippen LogP contribution is 2.27. The van der Waals surface area contributed by atoms with Crippen molar-refractivity contribution < 1.29 is 4.79 Å². The molecule has 3 heteroatoms. The summed E-state index contributed by atoms with van der Waals surface area (Å²) in [6, 6.07) is 14.0. The average Bonchev–Trinajstić information content (AvgIpc) is 2.84. The number of aryl methyl sites for hydroxylation is 1. The predicted octanol–water partition coefficient (Wildman–Crippen LogP) is 4.66. The minimum Gasteiger partial charge on any atom is -0.360 e. The third-order valence-corrected chi connectivity index (χ3v) is 4.06. The summed E-state index contributed by atoms with van der Waals surface area (Å²) in [4.78, 5) is 15.7. The van der Waals surface area contributed by atoms with Gasteiger partial charge in [-0.1, -0.05) is 51.8 Å². The molecular formula is C17H14BrNO. The molecule has 0 saturated heterocycles. The summed E-state index contributed by atoms with van der Waals surface area (Å²) in [5.41, 5.74) is 3.95. The van der Waals surface area contributed by atoms with E-state index in [0.29, 0.717) is 6.42 Å². The number of rotatable bonds is 3. The second kappa shape index (κ2) is 5.25. The molecule has 1 aromatic heterocycles. The first kappa shape index (κ1) is 13.1. The zero-order valence-electron chi connectivity index (χ0n) is 11.1. The second-order valence-electron chi connectivity index (χ2n) is 4.95. The molecule has 3 rings (SSSR count). The molecule has 100 valence electrons. The molecule has 0 amide bonds. The van der Waals surface area contributed by atoms with Gasteiger partial charge in [0.25, 0.3) is 0 Å². The van der Waals surface area contributed by atoms with Crippen LogP contribution in [0.5, 0.6) is 0 Å². The van der Waals surface area contributed by atoms with Gasteiger partial charge in [0.05, 0.1) is 0 Å². The zero-order valence-corrected chi connectivity index (χ0v) is 12.7. The fourth-order valence-electron chi connectivity index (χ4n) is 2.46. The first-order valence-corrected chi connectivity index (χ1v) is 7.29. The number of Topliss-reactive ketones (excluding diaryl/α,β-unsaturated/α-hetero) is 1. The van der Waals surface area contributed by atoms with Gasteiger partial charge in [0.1, 0.15) is 0 Å². The van der Waals surface area contributed by atoms with E-state index < -0.39 is 0 Å². The van der Waals surface area contributed by atoms with Gasteiger partial charge < -0.3 is 4.98 Å². The van der Waals surface area contributed by atoms with E-state index in [9.17, 15) is 4.79 Å². The molecule has 2 aromatic carbocycles. The largest absolute Gasteiger partial charge is 0.360 e. The fourth-order valence-corrected chi connectivity index (χ4v) is 3.04. The average molecular weight is 328 g/mol. The number of aromatic amines is 1. The van der Waals surface area contributed by atoms with Gasteiger partial charge in [-0.15, -0.1) is 0 Å². The van der Waals surface area contributed by atoms with Crippen molar-refractivity contribution in [1.29, 1.82) is 0 Å². The van der Waals surface area contributed by atoms with Gasteiger partial charge in [0.15, 0.2) is 5.78 Å². The summed E-state index contributed by atoms with van der Waals surface area (Å²) in [5.74, 6) is 0.133. The standard InChI is InChI=1S/C17H14BrNO/c1-11-4-2-5-12(8-11)9-16(20)13-10-19-15-7-3-6-14(18)17(13)15/h2-8,10,19H,9H2,1H3. The highest BCUT2D eigenvalue weighted by molar-refractivity contribution is 9.10. The summed E-state index contributed by atoms with van der Waals surface area (Å²) in [5, 5.41) is 0.963. The van der Waals surface area contributed by atoms with Crippen LogP contribution < -0.4 is 0 Å². The SMILES string of the molecule is Cc1cccc(CC(=O)c2c[nH]c3cccc(Br)c23)c1. The topological polar surface area (TPSA) is 32.9 Å². The van der Waals surface area contributed by atoms with E-state index in [4.69, 9.17) is 0 Å². The van der Waals surface area contributed by atoms with Gasteiger partial charge >= 0.3 is 0 Å². The van der Waals surface area contributed by atoms with Crippen molar-refractivity contribution in [3.63, 3.8) is 0 Å². The van der Waals surface area contributed by atoms with E-state index in [2.05, 4.69) is 27.0 Å². The molecule has 0 saturated carbocycles. The lowest BCUT2D eigenvalue weighted by molar-refractivity contribution is 0.0994. The molecule has 0 radical (unpaired) electrons. The molecular weight excluding hydrogens is 314 g/mol. The third-order valence-electron chi connectivity index (χ3n) is 3.40. The maximum atomic E-state index is 12.5. The molecule has 0 spiro atoms. The van der Waals surface area contributed by atoms with Gasteiger partial charge in [-0.3, -0.25) is 4.79 Å². The molecule has 1 N–H and O–H groups in total. The molecule has 0 bridgehead atoms. The Morgan fingerprint density at radius 1 is 1.20 bits per heavy atom. The highest BCUT2D eigenvalue weighted by atomic mass is 79.9. The number of benzene rings is 2. The predicted molar refractivity (Wildman–Crippen MR) is 85.2 cm³/mol. The van der Waals surface area contributed by atoms with Gasteiger partial charge in [-0.25, -0.2) is 0 Å². The van der Waals surface area contributed by atoms with Crippen molar-refractivity contribution in [2.75, 3.05) is 0 Å². The lowest BCUT2D eigenvalue weighted by Gasteiger charge is -2.03. The summed E-state index contributed by atoms with van der Waals surface area (Å²) < 4.78 is 0.948. The lowest BCUT2D eigenvalue weighted by atomic mass is 10.0. The minimum atomic E-state index is 0.133. The number of halogens is 1. The van der Waals surface area contributed by atoms with Gasteiger partial charge in [-0.05, 0) is 24.6 Å². The molecule has 0 atom stereocenters. The van der Waals surface area contributed by atoms with Crippen molar-refractivity contribution in [2.24, 2.45) is 0 Å². The smallest absolute Gasteiger partial charge is 0.169 e. The van der Waals surface area contributed by atoms with E-state index in [1.807, 2.05) is 43.3 Å². The summed E-state index contributed by atoms with van der Waals surface area (Å²) in [7, 11) is 0. The number of ketones is 1. The molecule has 20 heavy (non-hydrogen) atoms. The van der Waals surface area contributed by atoms with Crippen molar-refractivity contribution >= 4 is 32.6 Å². The number of hydrogen-bond acceptors (Lipinski definition) is 1. The summed E-state index contributed by atoms with van der Waals surface area (Å²) in [6.45, 7) is 2.04. The number of carbonyl (C=O) groups is 1.